The lowest BCUT2D eigenvalue weighted by Crippen LogP contribution is -2.31. The van der Waals surface area contributed by atoms with Crippen molar-refractivity contribution >= 4 is 28.6 Å². The van der Waals surface area contributed by atoms with Crippen LogP contribution in [-0.2, 0) is 17.0 Å². The average Bonchev–Trinajstić information content (AvgIpc) is 3.29. The van der Waals surface area contributed by atoms with E-state index >= 15 is 0 Å². The molecule has 0 spiro atoms. The number of aryl methyl sites for hydroxylation is 2. The number of rotatable bonds is 7. The summed E-state index contributed by atoms with van der Waals surface area (Å²) in [5.74, 6) is 0.548. The summed E-state index contributed by atoms with van der Waals surface area (Å²) in [4.78, 5) is 30.8. The van der Waals surface area contributed by atoms with Crippen molar-refractivity contribution in [2.75, 3.05) is 6.61 Å². The van der Waals surface area contributed by atoms with Gasteiger partial charge < -0.3 is 10.1 Å². The van der Waals surface area contributed by atoms with E-state index in [0.717, 1.165) is 19.4 Å². The molecule has 4 rings (SSSR count). The molecule has 6 nitrogen and oxygen atoms in total. The Labute approximate surface area is 198 Å². The van der Waals surface area contributed by atoms with Crippen LogP contribution in [0.25, 0.3) is 10.9 Å². The minimum absolute atomic E-state index is 0.0260. The van der Waals surface area contributed by atoms with E-state index in [-0.39, 0.29) is 23.6 Å². The molecule has 3 aromatic rings. The number of nitrogens with zero attached hydrogens (tertiary/aromatic N) is 2. The Bertz CT molecular complexity index is 1230. The molecule has 1 aromatic heterocycles. The molecule has 1 fully saturated rings. The molecule has 1 amide bonds. The zero-order valence-corrected chi connectivity index (χ0v) is 20.5. The van der Waals surface area contributed by atoms with Crippen molar-refractivity contribution < 1.29 is 9.53 Å². The zero-order valence-electron chi connectivity index (χ0n) is 19.7. The Morgan fingerprint density at radius 3 is 2.79 bits per heavy atom. The third-order valence-electron chi connectivity index (χ3n) is 5.87. The molecule has 0 bridgehead atoms. The second-order valence-electron chi connectivity index (χ2n) is 9.02. The summed E-state index contributed by atoms with van der Waals surface area (Å²) in [6, 6.07) is 11.6. The Morgan fingerprint density at radius 1 is 1.24 bits per heavy atom. The summed E-state index contributed by atoms with van der Waals surface area (Å²) in [5.41, 5.74) is 4.61. The van der Waals surface area contributed by atoms with Crippen LogP contribution < -0.4 is 10.9 Å². The maximum atomic E-state index is 13.5. The number of ether oxygens (including phenoxy) is 1. The number of hydrogen-bond donors (Lipinski definition) is 1. The zero-order chi connectivity index (χ0) is 23.5. The van der Waals surface area contributed by atoms with Gasteiger partial charge in [0.15, 0.2) is 5.16 Å². The van der Waals surface area contributed by atoms with Gasteiger partial charge in [0.05, 0.1) is 23.6 Å². The number of amides is 1. The molecule has 1 atom stereocenters. The summed E-state index contributed by atoms with van der Waals surface area (Å²) >= 11 is 1.56. The summed E-state index contributed by atoms with van der Waals surface area (Å²) in [6.45, 7) is 9.25. The normalized spacial score (nSPS) is 16.0. The van der Waals surface area contributed by atoms with Gasteiger partial charge in [0.2, 0.25) is 0 Å². The summed E-state index contributed by atoms with van der Waals surface area (Å²) in [7, 11) is 0. The van der Waals surface area contributed by atoms with Gasteiger partial charge in [-0.2, -0.15) is 0 Å². The number of benzene rings is 2. The molecule has 7 heteroatoms. The van der Waals surface area contributed by atoms with Crippen molar-refractivity contribution in [2.45, 2.75) is 70.1 Å². The van der Waals surface area contributed by atoms with Crippen molar-refractivity contribution in [1.82, 2.24) is 14.9 Å². The lowest BCUT2D eigenvalue weighted by Gasteiger charge is -2.17. The van der Waals surface area contributed by atoms with E-state index in [0.29, 0.717) is 33.9 Å². The number of carbonyl (C=O) groups excluding carboxylic acids is 1. The van der Waals surface area contributed by atoms with Gasteiger partial charge in [-0.25, -0.2) is 4.98 Å². The van der Waals surface area contributed by atoms with E-state index in [1.807, 2.05) is 13.8 Å². The number of nitrogens with one attached hydrogen (secondary N) is 1. The highest BCUT2D eigenvalue weighted by Crippen LogP contribution is 2.26. The van der Waals surface area contributed by atoms with Gasteiger partial charge in [-0.05, 0) is 69.9 Å². The molecule has 2 heterocycles. The van der Waals surface area contributed by atoms with Crippen molar-refractivity contribution in [3.05, 3.63) is 69.0 Å². The van der Waals surface area contributed by atoms with E-state index in [9.17, 15) is 9.59 Å². The molecular formula is C26H31N3O3S. The fourth-order valence-corrected chi connectivity index (χ4v) is 5.12. The number of aromatic nitrogens is 2. The SMILES string of the molecule is Cc1ccc(C)c(CSc2nc3cc(C(=O)NC(C)C)ccc3c(=O)n2CC2CCCO2)c1. The molecule has 1 aliphatic heterocycles. The fraction of sp³-hybridized carbons (Fsp3) is 0.423. The van der Waals surface area contributed by atoms with Gasteiger partial charge in [-0.3, -0.25) is 14.2 Å². The van der Waals surface area contributed by atoms with Gasteiger partial charge in [-0.15, -0.1) is 0 Å². The van der Waals surface area contributed by atoms with Crippen LogP contribution in [0.1, 0.15) is 53.7 Å². The molecule has 1 aliphatic rings. The molecule has 2 aromatic carbocycles. The third kappa shape index (κ3) is 5.47. The smallest absolute Gasteiger partial charge is 0.262 e. The summed E-state index contributed by atoms with van der Waals surface area (Å²) < 4.78 is 7.57. The lowest BCUT2D eigenvalue weighted by molar-refractivity contribution is 0.0937. The van der Waals surface area contributed by atoms with E-state index in [2.05, 4.69) is 37.4 Å². The largest absolute Gasteiger partial charge is 0.376 e. The minimum atomic E-state index is -0.165. The predicted octanol–water partition coefficient (Wildman–Crippen LogP) is 4.62. The third-order valence-corrected chi connectivity index (χ3v) is 6.90. The van der Waals surface area contributed by atoms with Gasteiger partial charge in [0, 0.05) is 24.0 Å². The average molecular weight is 466 g/mol. The second-order valence-corrected chi connectivity index (χ2v) is 9.97. The Balaban J connectivity index is 1.73. The van der Waals surface area contributed by atoms with Gasteiger partial charge in [0.1, 0.15) is 0 Å². The summed E-state index contributed by atoms with van der Waals surface area (Å²) in [5, 5.41) is 4.08. The summed E-state index contributed by atoms with van der Waals surface area (Å²) in [6.07, 6.45) is 1.98. The molecule has 0 radical (unpaired) electrons. The van der Waals surface area contributed by atoms with E-state index < -0.39 is 0 Å². The van der Waals surface area contributed by atoms with Crippen LogP contribution in [0.5, 0.6) is 0 Å². The molecular weight excluding hydrogens is 434 g/mol. The molecule has 1 saturated heterocycles. The number of hydrogen-bond acceptors (Lipinski definition) is 5. The van der Waals surface area contributed by atoms with Gasteiger partial charge in [-0.1, -0.05) is 35.5 Å². The molecule has 1 unspecified atom stereocenters. The topological polar surface area (TPSA) is 73.2 Å². The molecule has 1 N–H and O–H groups in total. The highest BCUT2D eigenvalue weighted by molar-refractivity contribution is 7.98. The Hall–Kier alpha value is -2.64. The quantitative estimate of drug-likeness (QED) is 0.407. The molecule has 0 saturated carbocycles. The lowest BCUT2D eigenvalue weighted by atomic mass is 10.1. The van der Waals surface area contributed by atoms with Crippen LogP contribution >= 0.6 is 11.8 Å². The highest BCUT2D eigenvalue weighted by Gasteiger charge is 2.21. The van der Waals surface area contributed by atoms with Crippen LogP contribution in [0.4, 0.5) is 0 Å². The van der Waals surface area contributed by atoms with Crippen LogP contribution in [0.15, 0.2) is 46.3 Å². The van der Waals surface area contributed by atoms with Crippen molar-refractivity contribution in [3.63, 3.8) is 0 Å². The second kappa shape index (κ2) is 10.1. The fourth-order valence-electron chi connectivity index (χ4n) is 4.05. The van der Waals surface area contributed by atoms with Gasteiger partial charge >= 0.3 is 0 Å². The highest BCUT2D eigenvalue weighted by atomic mass is 32.2. The van der Waals surface area contributed by atoms with Crippen molar-refractivity contribution in [2.24, 2.45) is 0 Å². The first kappa shape index (κ1) is 23.5. The first-order chi connectivity index (χ1) is 15.8. The number of fused-ring (bicyclic) bond motifs is 1. The van der Waals surface area contributed by atoms with E-state index in [4.69, 9.17) is 9.72 Å². The standard InChI is InChI=1S/C26H31N3O3S/c1-16(2)27-24(30)19-9-10-22-23(13-19)28-26(29(25(22)31)14-21-6-5-11-32-21)33-15-20-12-17(3)7-8-18(20)4/h7-10,12-13,16,21H,5-6,11,14-15H2,1-4H3,(H,27,30). The van der Waals surface area contributed by atoms with Crippen LogP contribution in [0, 0.1) is 13.8 Å². The number of thioether (sulfide) groups is 1. The predicted molar refractivity (Wildman–Crippen MR) is 133 cm³/mol. The van der Waals surface area contributed by atoms with E-state index in [1.54, 1.807) is 34.5 Å². The van der Waals surface area contributed by atoms with E-state index in [1.165, 1.54) is 16.7 Å². The van der Waals surface area contributed by atoms with Gasteiger partial charge in [0.25, 0.3) is 11.5 Å². The number of carbonyl (C=O) groups is 1. The maximum absolute atomic E-state index is 13.5. The molecule has 174 valence electrons. The first-order valence-electron chi connectivity index (χ1n) is 11.5. The van der Waals surface area contributed by atoms with Crippen LogP contribution in [-0.4, -0.2) is 34.2 Å². The van der Waals surface area contributed by atoms with Crippen LogP contribution in [0.3, 0.4) is 0 Å². The maximum Gasteiger partial charge on any atom is 0.262 e. The minimum Gasteiger partial charge on any atom is -0.376 e. The Kier molecular flexibility index (Phi) is 7.20. The van der Waals surface area contributed by atoms with Crippen molar-refractivity contribution in [1.29, 1.82) is 0 Å². The van der Waals surface area contributed by atoms with Crippen molar-refractivity contribution in [3.8, 4) is 0 Å². The molecule has 33 heavy (non-hydrogen) atoms. The molecule has 0 aliphatic carbocycles. The Morgan fingerprint density at radius 2 is 2.06 bits per heavy atom. The monoisotopic (exact) mass is 465 g/mol. The van der Waals surface area contributed by atoms with Crippen LogP contribution in [0.2, 0.25) is 0 Å². The first-order valence-corrected chi connectivity index (χ1v) is 12.5.